The Morgan fingerprint density at radius 2 is 1.85 bits per heavy atom. The average Bonchev–Trinajstić information content (AvgIpc) is 2.61. The van der Waals surface area contributed by atoms with Crippen molar-refractivity contribution in [2.24, 2.45) is 0 Å². The second kappa shape index (κ2) is 5.44. The fourth-order valence-corrected chi connectivity index (χ4v) is 5.23. The number of rotatable bonds is 4. The summed E-state index contributed by atoms with van der Waals surface area (Å²) in [5.41, 5.74) is 1.01. The summed E-state index contributed by atoms with van der Waals surface area (Å²) in [6.07, 6.45) is -0.405. The van der Waals surface area contributed by atoms with Crippen molar-refractivity contribution in [3.63, 3.8) is 0 Å². The van der Waals surface area contributed by atoms with Crippen molar-refractivity contribution in [3.8, 4) is 0 Å². The van der Waals surface area contributed by atoms with E-state index in [1.807, 2.05) is 6.92 Å². The third kappa shape index (κ3) is 3.38. The van der Waals surface area contributed by atoms with Gasteiger partial charge in [-0.2, -0.15) is 0 Å². The van der Waals surface area contributed by atoms with Gasteiger partial charge in [0.1, 0.15) is 0 Å². The van der Waals surface area contributed by atoms with Crippen LogP contribution >= 0.6 is 0 Å². The molecule has 0 amide bonds. The van der Waals surface area contributed by atoms with Gasteiger partial charge in [0.2, 0.25) is 10.0 Å². The van der Waals surface area contributed by atoms with E-state index in [0.717, 1.165) is 12.0 Å². The molecule has 112 valence electrons. The summed E-state index contributed by atoms with van der Waals surface area (Å²) in [6, 6.07) is 5.36. The van der Waals surface area contributed by atoms with Gasteiger partial charge in [0.25, 0.3) is 0 Å². The lowest BCUT2D eigenvalue weighted by Crippen LogP contribution is -2.42. The average molecular weight is 319 g/mol. The summed E-state index contributed by atoms with van der Waals surface area (Å²) in [5.74, 6) is -0.782. The molecule has 1 heterocycles. The van der Waals surface area contributed by atoms with Crippen molar-refractivity contribution in [2.45, 2.75) is 30.4 Å². The van der Waals surface area contributed by atoms with Gasteiger partial charge < -0.3 is 5.11 Å². The van der Waals surface area contributed by atoms with Gasteiger partial charge in [0.15, 0.2) is 9.84 Å². The molecule has 2 N–H and O–H groups in total. The van der Waals surface area contributed by atoms with Crippen molar-refractivity contribution in [1.29, 1.82) is 0 Å². The number of hydrogen-bond donors (Lipinski definition) is 2. The number of aryl methyl sites for hydroxylation is 1. The Balaban J connectivity index is 2.19. The number of aliphatic hydroxyl groups excluding tert-OH is 1. The van der Waals surface area contributed by atoms with Crippen LogP contribution in [-0.2, 0) is 26.3 Å². The first-order valence-corrected chi connectivity index (χ1v) is 9.54. The Labute approximate surface area is 118 Å². The van der Waals surface area contributed by atoms with Crippen LogP contribution in [0, 0.1) is 0 Å². The van der Waals surface area contributed by atoms with E-state index in [1.165, 1.54) is 12.1 Å². The molecular formula is C12H17NO5S2. The predicted octanol–water partition coefficient (Wildman–Crippen LogP) is -0.315. The lowest BCUT2D eigenvalue weighted by Gasteiger charge is -2.15. The van der Waals surface area contributed by atoms with Crippen LogP contribution in [-0.4, -0.2) is 45.6 Å². The molecule has 6 nitrogen and oxygen atoms in total. The maximum atomic E-state index is 12.1. The Bertz CT molecular complexity index is 679. The largest absolute Gasteiger partial charge is 0.390 e. The van der Waals surface area contributed by atoms with E-state index >= 15 is 0 Å². The molecule has 2 atom stereocenters. The van der Waals surface area contributed by atoms with Crippen LogP contribution in [0.25, 0.3) is 0 Å². The molecule has 1 aromatic carbocycles. The summed E-state index contributed by atoms with van der Waals surface area (Å²) in [5, 5.41) is 9.61. The number of nitrogens with one attached hydrogen (secondary N) is 1. The van der Waals surface area contributed by atoms with E-state index in [9.17, 15) is 21.9 Å². The van der Waals surface area contributed by atoms with Crippen molar-refractivity contribution < 1.29 is 21.9 Å². The Morgan fingerprint density at radius 3 is 2.30 bits per heavy atom. The van der Waals surface area contributed by atoms with Gasteiger partial charge in [-0.25, -0.2) is 21.6 Å². The highest BCUT2D eigenvalue weighted by molar-refractivity contribution is 7.92. The first-order valence-electron chi connectivity index (χ1n) is 6.23. The van der Waals surface area contributed by atoms with Gasteiger partial charge in [-0.05, 0) is 24.1 Å². The van der Waals surface area contributed by atoms with Crippen LogP contribution in [0.5, 0.6) is 0 Å². The molecule has 0 bridgehead atoms. The molecule has 0 aliphatic carbocycles. The molecule has 1 fully saturated rings. The van der Waals surface area contributed by atoms with Crippen molar-refractivity contribution in [3.05, 3.63) is 29.8 Å². The monoisotopic (exact) mass is 319 g/mol. The zero-order valence-corrected chi connectivity index (χ0v) is 12.6. The fourth-order valence-electron chi connectivity index (χ4n) is 2.11. The van der Waals surface area contributed by atoms with Crippen LogP contribution in [0.1, 0.15) is 12.5 Å². The molecule has 0 saturated carbocycles. The number of aliphatic hydroxyl groups is 1. The number of hydrogen-bond acceptors (Lipinski definition) is 5. The summed E-state index contributed by atoms with van der Waals surface area (Å²) < 4.78 is 49.2. The SMILES string of the molecule is CCc1ccc(S(=O)(=O)N[C@@H]2CS(=O)(=O)C[C@H]2O)cc1. The molecule has 8 heteroatoms. The molecular weight excluding hydrogens is 302 g/mol. The molecule has 2 rings (SSSR count). The molecule has 0 unspecified atom stereocenters. The van der Waals surface area contributed by atoms with Crippen LogP contribution in [0.3, 0.4) is 0 Å². The third-order valence-corrected chi connectivity index (χ3v) is 6.49. The van der Waals surface area contributed by atoms with Gasteiger partial charge in [0, 0.05) is 0 Å². The Hall–Kier alpha value is -0.960. The van der Waals surface area contributed by atoms with Gasteiger partial charge in [0.05, 0.1) is 28.5 Å². The molecule has 1 saturated heterocycles. The molecule has 0 aromatic heterocycles. The van der Waals surface area contributed by atoms with Crippen molar-refractivity contribution >= 4 is 19.9 Å². The zero-order valence-electron chi connectivity index (χ0n) is 11.0. The summed E-state index contributed by atoms with van der Waals surface area (Å²) in [6.45, 7) is 1.96. The minimum Gasteiger partial charge on any atom is -0.390 e. The molecule has 0 radical (unpaired) electrons. The van der Waals surface area contributed by atoms with Crippen molar-refractivity contribution in [2.75, 3.05) is 11.5 Å². The van der Waals surface area contributed by atoms with Gasteiger partial charge in [-0.15, -0.1) is 0 Å². The Morgan fingerprint density at radius 1 is 1.25 bits per heavy atom. The predicted molar refractivity (Wildman–Crippen MR) is 74.6 cm³/mol. The highest BCUT2D eigenvalue weighted by atomic mass is 32.2. The molecule has 1 aliphatic rings. The normalized spacial score (nSPS) is 25.7. The number of sulfonamides is 1. The maximum Gasteiger partial charge on any atom is 0.240 e. The molecule has 20 heavy (non-hydrogen) atoms. The molecule has 0 spiro atoms. The highest BCUT2D eigenvalue weighted by Crippen LogP contribution is 2.17. The van der Waals surface area contributed by atoms with Crippen LogP contribution in [0.2, 0.25) is 0 Å². The van der Waals surface area contributed by atoms with Crippen molar-refractivity contribution in [1.82, 2.24) is 4.72 Å². The van der Waals surface area contributed by atoms with Crippen LogP contribution < -0.4 is 4.72 Å². The summed E-state index contributed by atoms with van der Waals surface area (Å²) in [7, 11) is -7.21. The Kier molecular flexibility index (Phi) is 4.19. The first-order chi connectivity index (χ1) is 9.23. The fraction of sp³-hybridized carbons (Fsp3) is 0.500. The maximum absolute atomic E-state index is 12.1. The number of benzene rings is 1. The van der Waals surface area contributed by atoms with Gasteiger partial charge in [-0.3, -0.25) is 0 Å². The first kappa shape index (κ1) is 15.4. The zero-order chi connectivity index (χ0) is 15.0. The van der Waals surface area contributed by atoms with E-state index in [1.54, 1.807) is 12.1 Å². The minimum absolute atomic E-state index is 0.0613. The minimum atomic E-state index is -3.83. The topological polar surface area (TPSA) is 101 Å². The van der Waals surface area contributed by atoms with E-state index in [-0.39, 0.29) is 10.6 Å². The second-order valence-electron chi connectivity index (χ2n) is 4.87. The van der Waals surface area contributed by atoms with E-state index in [4.69, 9.17) is 0 Å². The lowest BCUT2D eigenvalue weighted by molar-refractivity contribution is 0.176. The summed E-state index contributed by atoms with van der Waals surface area (Å²) >= 11 is 0. The number of sulfone groups is 1. The van der Waals surface area contributed by atoms with E-state index in [2.05, 4.69) is 4.72 Å². The summed E-state index contributed by atoms with van der Waals surface area (Å²) in [4.78, 5) is 0.0613. The molecule has 1 aromatic rings. The van der Waals surface area contributed by atoms with Crippen LogP contribution in [0.15, 0.2) is 29.2 Å². The van der Waals surface area contributed by atoms with Gasteiger partial charge >= 0.3 is 0 Å². The van der Waals surface area contributed by atoms with Crippen LogP contribution in [0.4, 0.5) is 0 Å². The third-order valence-electron chi connectivity index (χ3n) is 3.27. The van der Waals surface area contributed by atoms with E-state index < -0.39 is 37.8 Å². The lowest BCUT2D eigenvalue weighted by atomic mass is 10.2. The van der Waals surface area contributed by atoms with E-state index in [0.29, 0.717) is 0 Å². The highest BCUT2D eigenvalue weighted by Gasteiger charge is 2.38. The quantitative estimate of drug-likeness (QED) is 0.792. The smallest absolute Gasteiger partial charge is 0.240 e. The molecule has 1 aliphatic heterocycles. The standard InChI is InChI=1S/C12H17NO5S2/c1-2-9-3-5-10(6-4-9)20(17,18)13-11-7-19(15,16)8-12(11)14/h3-6,11-14H,2,7-8H2,1H3/t11-,12-/m1/s1. The van der Waals surface area contributed by atoms with Gasteiger partial charge in [-0.1, -0.05) is 19.1 Å². The second-order valence-corrected chi connectivity index (χ2v) is 8.74.